The molecule has 4 nitrogen and oxygen atoms in total. The first kappa shape index (κ1) is 20.1. The van der Waals surface area contributed by atoms with Gasteiger partial charge in [-0.3, -0.25) is 9.88 Å². The molecule has 1 saturated heterocycles. The Bertz CT molecular complexity index is 742. The first-order valence-electron chi connectivity index (χ1n) is 9.47. The van der Waals surface area contributed by atoms with Gasteiger partial charge in [-0.2, -0.15) is 11.8 Å². The van der Waals surface area contributed by atoms with Gasteiger partial charge in [0.25, 0.3) is 0 Å². The quantitative estimate of drug-likeness (QED) is 0.716. The van der Waals surface area contributed by atoms with Gasteiger partial charge < -0.3 is 4.74 Å². The van der Waals surface area contributed by atoms with Crippen LogP contribution in [0.1, 0.15) is 44.9 Å². The Balaban J connectivity index is 1.49. The van der Waals surface area contributed by atoms with Gasteiger partial charge in [0.2, 0.25) is 5.88 Å². The van der Waals surface area contributed by atoms with E-state index >= 15 is 0 Å². The molecule has 0 N–H and O–H groups in total. The van der Waals surface area contributed by atoms with Crippen LogP contribution in [0.3, 0.4) is 0 Å². The largest absolute Gasteiger partial charge is 0.471 e. The van der Waals surface area contributed by atoms with Gasteiger partial charge in [0.15, 0.2) is 0 Å². The fourth-order valence-electron chi connectivity index (χ4n) is 3.11. The minimum Gasteiger partial charge on any atom is -0.471 e. The van der Waals surface area contributed by atoms with Crippen LogP contribution in [0.25, 0.3) is 0 Å². The van der Waals surface area contributed by atoms with Crippen molar-refractivity contribution in [2.75, 3.05) is 13.1 Å². The van der Waals surface area contributed by atoms with Crippen LogP contribution < -0.4 is 4.74 Å². The Morgan fingerprint density at radius 2 is 1.85 bits per heavy atom. The van der Waals surface area contributed by atoms with E-state index < -0.39 is 0 Å². The maximum Gasteiger partial charge on any atom is 0.237 e. The van der Waals surface area contributed by atoms with E-state index in [9.17, 15) is 4.39 Å². The number of hydrogen-bond donors (Lipinski definition) is 0. The van der Waals surface area contributed by atoms with Crippen molar-refractivity contribution in [3.05, 3.63) is 53.7 Å². The van der Waals surface area contributed by atoms with Crippen LogP contribution in [-0.2, 0) is 12.3 Å². The SMILES string of the molecule is CC(C)(C)Oc1nccnc1CN1CCC(SCc2ccccc2F)CC1. The molecule has 1 aromatic heterocycles. The standard InChI is InChI=1S/C21H28FN3OS/c1-21(2,3)26-20-19(23-10-11-24-20)14-25-12-8-17(9-13-25)27-15-16-6-4-5-7-18(16)22/h4-7,10-11,17H,8-9,12-15H2,1-3H3. The highest BCUT2D eigenvalue weighted by molar-refractivity contribution is 7.99. The highest BCUT2D eigenvalue weighted by atomic mass is 32.2. The molecule has 1 aromatic carbocycles. The minimum absolute atomic E-state index is 0.100. The van der Waals surface area contributed by atoms with E-state index in [4.69, 9.17) is 4.74 Å². The van der Waals surface area contributed by atoms with E-state index in [-0.39, 0.29) is 11.4 Å². The smallest absolute Gasteiger partial charge is 0.237 e. The van der Waals surface area contributed by atoms with Crippen molar-refractivity contribution in [2.45, 2.75) is 56.8 Å². The van der Waals surface area contributed by atoms with Crippen molar-refractivity contribution < 1.29 is 9.13 Å². The Hall–Kier alpha value is -1.66. The normalized spacial score (nSPS) is 16.4. The summed E-state index contributed by atoms with van der Waals surface area (Å²) in [6, 6.07) is 7.06. The maximum absolute atomic E-state index is 13.8. The zero-order valence-corrected chi connectivity index (χ0v) is 17.1. The molecular formula is C21H28FN3OS. The van der Waals surface area contributed by atoms with E-state index in [0.717, 1.165) is 49.5 Å². The number of halogens is 1. The zero-order chi connectivity index (χ0) is 19.3. The van der Waals surface area contributed by atoms with E-state index in [1.807, 2.05) is 44.7 Å². The third-order valence-electron chi connectivity index (χ3n) is 4.48. The summed E-state index contributed by atoms with van der Waals surface area (Å²) in [5, 5.41) is 0.577. The van der Waals surface area contributed by atoms with Crippen LogP contribution in [0, 0.1) is 5.82 Å². The predicted octanol–water partition coefficient (Wildman–Crippen LogP) is 4.69. The van der Waals surface area contributed by atoms with Crippen molar-refractivity contribution >= 4 is 11.8 Å². The molecule has 0 unspecified atom stereocenters. The first-order chi connectivity index (χ1) is 12.9. The molecule has 0 aliphatic carbocycles. The van der Waals surface area contributed by atoms with Crippen LogP contribution in [0.15, 0.2) is 36.7 Å². The number of hydrogen-bond acceptors (Lipinski definition) is 5. The Morgan fingerprint density at radius 1 is 1.15 bits per heavy atom. The topological polar surface area (TPSA) is 38.3 Å². The van der Waals surface area contributed by atoms with E-state index in [1.165, 1.54) is 6.07 Å². The number of piperidine rings is 1. The molecule has 1 aliphatic heterocycles. The molecule has 0 bridgehead atoms. The van der Waals surface area contributed by atoms with Gasteiger partial charge >= 0.3 is 0 Å². The van der Waals surface area contributed by atoms with Gasteiger partial charge in [-0.25, -0.2) is 9.37 Å². The zero-order valence-electron chi connectivity index (χ0n) is 16.3. The minimum atomic E-state index is -0.291. The maximum atomic E-state index is 13.8. The van der Waals surface area contributed by atoms with Gasteiger partial charge in [-0.05, 0) is 58.3 Å². The molecule has 0 saturated carbocycles. The molecule has 1 fully saturated rings. The van der Waals surface area contributed by atoms with Gasteiger partial charge in [-0.1, -0.05) is 18.2 Å². The van der Waals surface area contributed by atoms with Gasteiger partial charge in [0.1, 0.15) is 17.1 Å². The summed E-state index contributed by atoms with van der Waals surface area (Å²) < 4.78 is 19.7. The summed E-state index contributed by atoms with van der Waals surface area (Å²) >= 11 is 1.86. The molecule has 0 radical (unpaired) electrons. The van der Waals surface area contributed by atoms with Gasteiger partial charge in [0, 0.05) is 29.9 Å². The summed E-state index contributed by atoms with van der Waals surface area (Å²) in [6.07, 6.45) is 5.61. The van der Waals surface area contributed by atoms with Crippen molar-refractivity contribution in [1.29, 1.82) is 0 Å². The number of likely N-dealkylation sites (tertiary alicyclic amines) is 1. The Morgan fingerprint density at radius 3 is 2.56 bits per heavy atom. The van der Waals surface area contributed by atoms with Crippen LogP contribution in [0.5, 0.6) is 5.88 Å². The van der Waals surface area contributed by atoms with Crippen LogP contribution in [0.2, 0.25) is 0 Å². The number of aromatic nitrogens is 2. The molecular weight excluding hydrogens is 361 g/mol. The second kappa shape index (κ2) is 9.02. The third-order valence-corrected chi connectivity index (χ3v) is 5.90. The number of thioether (sulfide) groups is 1. The molecule has 146 valence electrons. The monoisotopic (exact) mass is 389 g/mol. The van der Waals surface area contributed by atoms with E-state index in [2.05, 4.69) is 14.9 Å². The summed E-state index contributed by atoms with van der Waals surface area (Å²) in [5.41, 5.74) is 1.40. The fraction of sp³-hybridized carbons (Fsp3) is 0.524. The van der Waals surface area contributed by atoms with Crippen molar-refractivity contribution in [3.63, 3.8) is 0 Å². The summed E-state index contributed by atoms with van der Waals surface area (Å²) in [7, 11) is 0. The van der Waals surface area contributed by atoms with E-state index in [1.54, 1.807) is 18.5 Å². The van der Waals surface area contributed by atoms with Crippen molar-refractivity contribution in [1.82, 2.24) is 14.9 Å². The van der Waals surface area contributed by atoms with Crippen molar-refractivity contribution in [3.8, 4) is 5.88 Å². The summed E-state index contributed by atoms with van der Waals surface area (Å²) in [4.78, 5) is 11.3. The lowest BCUT2D eigenvalue weighted by molar-refractivity contribution is 0.118. The average Bonchev–Trinajstić information content (AvgIpc) is 2.63. The van der Waals surface area contributed by atoms with Crippen molar-refractivity contribution in [2.24, 2.45) is 0 Å². The number of benzene rings is 1. The molecule has 1 aliphatic rings. The molecule has 3 rings (SSSR count). The molecule has 2 heterocycles. The fourth-order valence-corrected chi connectivity index (χ4v) is 4.30. The third kappa shape index (κ3) is 6.18. The molecule has 27 heavy (non-hydrogen) atoms. The molecule has 6 heteroatoms. The Kier molecular flexibility index (Phi) is 6.71. The van der Waals surface area contributed by atoms with Gasteiger partial charge in [-0.15, -0.1) is 0 Å². The lowest BCUT2D eigenvalue weighted by Crippen LogP contribution is -2.35. The number of rotatable bonds is 6. The highest BCUT2D eigenvalue weighted by Crippen LogP contribution is 2.28. The summed E-state index contributed by atoms with van der Waals surface area (Å²) in [6.45, 7) is 8.84. The second-order valence-corrected chi connectivity index (χ2v) is 9.19. The van der Waals surface area contributed by atoms with E-state index in [0.29, 0.717) is 11.1 Å². The van der Waals surface area contributed by atoms with Crippen LogP contribution >= 0.6 is 11.8 Å². The first-order valence-corrected chi connectivity index (χ1v) is 10.5. The molecule has 0 atom stereocenters. The molecule has 0 amide bonds. The lowest BCUT2D eigenvalue weighted by Gasteiger charge is -2.32. The van der Waals surface area contributed by atoms with Crippen LogP contribution in [-0.4, -0.2) is 38.8 Å². The Labute approximate surface area is 165 Å². The number of nitrogens with zero attached hydrogens (tertiary/aromatic N) is 3. The molecule has 2 aromatic rings. The molecule has 0 spiro atoms. The predicted molar refractivity (Wildman–Crippen MR) is 108 cm³/mol. The summed E-state index contributed by atoms with van der Waals surface area (Å²) in [5.74, 6) is 1.27. The second-order valence-electron chi connectivity index (χ2n) is 7.90. The highest BCUT2D eigenvalue weighted by Gasteiger charge is 2.23. The average molecular weight is 390 g/mol. The van der Waals surface area contributed by atoms with Crippen LogP contribution in [0.4, 0.5) is 4.39 Å². The van der Waals surface area contributed by atoms with Gasteiger partial charge in [0.05, 0.1) is 0 Å². The lowest BCUT2D eigenvalue weighted by atomic mass is 10.1. The number of ether oxygens (including phenoxy) is 1.